The van der Waals surface area contributed by atoms with Gasteiger partial charge in [-0.3, -0.25) is 19.7 Å². The van der Waals surface area contributed by atoms with Crippen molar-refractivity contribution in [1.82, 2.24) is 35.1 Å². The standard InChI is InChI=1S/C41H50N10O5/c1-46(41(56)49-18-19-50-30(25-49)22-42-38-35(50)21-33(44-45-38)32-4-2-3-5-36(32)52)28-12-14-47(15-13-28)23-26-10-16-48(17-11-26)29-6-7-31-27(20-29)24-51(40(31)55)34-8-9-37(53)43-39(34)54/h2-7,20-21,26,28,30,34,52H,8-19,22-25H2,1H3,(H,42,45)(H,43,53,54)/t30-,34?/m0/s1. The Balaban J connectivity index is 0.731. The lowest BCUT2D eigenvalue weighted by atomic mass is 9.94. The van der Waals surface area contributed by atoms with Gasteiger partial charge < -0.3 is 39.8 Å². The number of hydrogen-bond acceptors (Lipinski definition) is 11. The van der Waals surface area contributed by atoms with Crippen LogP contribution in [0.2, 0.25) is 0 Å². The lowest BCUT2D eigenvalue weighted by Gasteiger charge is -2.47. The Morgan fingerprint density at radius 2 is 1.70 bits per heavy atom. The SMILES string of the molecule is CN(C(=O)N1CCN2c3cc(-c4ccccc4O)nnc3NC[C@H]2C1)C1CCN(CC2CCN(c3ccc4c(c3)CN(C3CCC(=O)NC3=O)C4=O)CC2)CC1. The van der Waals surface area contributed by atoms with Crippen LogP contribution in [-0.2, 0) is 16.1 Å². The molecule has 3 aromatic rings. The number of carbonyl (C=O) groups is 4. The molecule has 15 nitrogen and oxygen atoms in total. The van der Waals surface area contributed by atoms with Gasteiger partial charge in [0.15, 0.2) is 5.82 Å². The van der Waals surface area contributed by atoms with E-state index >= 15 is 0 Å². The first kappa shape index (κ1) is 36.2. The molecule has 1 unspecified atom stereocenters. The maximum absolute atomic E-state index is 13.8. The highest BCUT2D eigenvalue weighted by Crippen LogP contribution is 2.37. The van der Waals surface area contributed by atoms with Gasteiger partial charge in [0.2, 0.25) is 11.8 Å². The van der Waals surface area contributed by atoms with Gasteiger partial charge in [-0.15, -0.1) is 10.2 Å². The van der Waals surface area contributed by atoms with Crippen molar-refractivity contribution in [3.8, 4) is 17.0 Å². The monoisotopic (exact) mass is 762 g/mol. The predicted octanol–water partition coefficient (Wildman–Crippen LogP) is 2.96. The largest absolute Gasteiger partial charge is 0.507 e. The summed E-state index contributed by atoms with van der Waals surface area (Å²) in [5.41, 5.74) is 4.93. The second-order valence-corrected chi connectivity index (χ2v) is 16.3. The summed E-state index contributed by atoms with van der Waals surface area (Å²) in [5.74, 6) is 0.723. The van der Waals surface area contributed by atoms with E-state index in [0.717, 1.165) is 81.2 Å². The second kappa shape index (κ2) is 14.9. The smallest absolute Gasteiger partial charge is 0.320 e. The third-order valence-corrected chi connectivity index (χ3v) is 12.9. The molecule has 294 valence electrons. The van der Waals surface area contributed by atoms with E-state index in [0.29, 0.717) is 61.9 Å². The van der Waals surface area contributed by atoms with E-state index in [1.165, 1.54) is 0 Å². The number of anilines is 3. The van der Waals surface area contributed by atoms with Gasteiger partial charge in [-0.25, -0.2) is 4.79 Å². The first-order valence-electron chi connectivity index (χ1n) is 20.1. The fraction of sp³-hybridized carbons (Fsp3) is 0.512. The minimum atomic E-state index is -0.600. The third-order valence-electron chi connectivity index (χ3n) is 12.9. The highest BCUT2D eigenvalue weighted by molar-refractivity contribution is 6.05. The van der Waals surface area contributed by atoms with Crippen LogP contribution in [0.25, 0.3) is 11.3 Å². The molecule has 9 rings (SSSR count). The molecule has 0 radical (unpaired) electrons. The number of phenols is 1. The van der Waals surface area contributed by atoms with Gasteiger partial charge in [0.1, 0.15) is 11.8 Å². The van der Waals surface area contributed by atoms with Gasteiger partial charge in [-0.05, 0) is 80.0 Å². The van der Waals surface area contributed by atoms with Crippen LogP contribution in [0.5, 0.6) is 5.75 Å². The van der Waals surface area contributed by atoms with Crippen LogP contribution < -0.4 is 20.4 Å². The number of aromatic hydroxyl groups is 1. The molecule has 3 N–H and O–H groups in total. The molecule has 2 aromatic carbocycles. The molecule has 4 fully saturated rings. The zero-order chi connectivity index (χ0) is 38.5. The van der Waals surface area contributed by atoms with Gasteiger partial charge in [-0.1, -0.05) is 12.1 Å². The Bertz CT molecular complexity index is 2030. The van der Waals surface area contributed by atoms with E-state index < -0.39 is 6.04 Å². The van der Waals surface area contributed by atoms with Crippen molar-refractivity contribution in [1.29, 1.82) is 0 Å². The van der Waals surface area contributed by atoms with Crippen LogP contribution in [-0.4, -0.2) is 143 Å². The number of carbonyl (C=O) groups excluding carboxylic acids is 4. The molecular formula is C41H50N10O5. The summed E-state index contributed by atoms with van der Waals surface area (Å²) in [4.78, 5) is 64.0. The number of nitrogens with zero attached hydrogens (tertiary/aromatic N) is 8. The number of imide groups is 1. The molecule has 0 saturated carbocycles. The molecule has 5 amide bonds. The number of piperidine rings is 3. The Kier molecular flexibility index (Phi) is 9.64. The van der Waals surface area contributed by atoms with Crippen molar-refractivity contribution < 1.29 is 24.3 Å². The van der Waals surface area contributed by atoms with Crippen molar-refractivity contribution in [3.05, 3.63) is 59.7 Å². The first-order valence-corrected chi connectivity index (χ1v) is 20.1. The second-order valence-electron chi connectivity index (χ2n) is 16.3. The number of para-hydroxylation sites is 1. The maximum Gasteiger partial charge on any atom is 0.320 e. The van der Waals surface area contributed by atoms with E-state index in [4.69, 9.17) is 0 Å². The fourth-order valence-corrected chi connectivity index (χ4v) is 9.65. The highest BCUT2D eigenvalue weighted by atomic mass is 16.3. The average Bonchev–Trinajstić information content (AvgIpc) is 3.55. The van der Waals surface area contributed by atoms with E-state index in [1.807, 2.05) is 47.2 Å². The number of hydrogen-bond donors (Lipinski definition) is 3. The topological polar surface area (TPSA) is 158 Å². The van der Waals surface area contributed by atoms with Crippen molar-refractivity contribution in [2.45, 2.75) is 63.2 Å². The van der Waals surface area contributed by atoms with Crippen LogP contribution in [0.1, 0.15) is 54.4 Å². The van der Waals surface area contributed by atoms with Crippen molar-refractivity contribution >= 4 is 40.9 Å². The molecule has 56 heavy (non-hydrogen) atoms. The Morgan fingerprint density at radius 3 is 2.48 bits per heavy atom. The Labute approximate surface area is 326 Å². The number of piperazine rings is 1. The molecular weight excluding hydrogens is 713 g/mol. The lowest BCUT2D eigenvalue weighted by molar-refractivity contribution is -0.136. The molecule has 0 spiro atoms. The summed E-state index contributed by atoms with van der Waals surface area (Å²) in [7, 11) is 1.97. The zero-order valence-electron chi connectivity index (χ0n) is 31.9. The number of aromatic nitrogens is 2. The molecule has 4 saturated heterocycles. The van der Waals surface area contributed by atoms with E-state index in [9.17, 15) is 24.3 Å². The van der Waals surface area contributed by atoms with Crippen molar-refractivity contribution in [3.63, 3.8) is 0 Å². The van der Waals surface area contributed by atoms with E-state index in [2.05, 4.69) is 41.6 Å². The summed E-state index contributed by atoms with van der Waals surface area (Å²) in [6.45, 7) is 8.02. The normalized spacial score (nSPS) is 23.3. The van der Waals surface area contributed by atoms with Gasteiger partial charge in [0.05, 0.1) is 17.4 Å². The van der Waals surface area contributed by atoms with Gasteiger partial charge >= 0.3 is 6.03 Å². The quantitative estimate of drug-likeness (QED) is 0.318. The molecule has 2 atom stereocenters. The number of likely N-dealkylation sites (tertiary alicyclic amines) is 1. The molecule has 0 bridgehead atoms. The maximum atomic E-state index is 13.8. The number of nitrogens with one attached hydrogen (secondary N) is 2. The molecule has 1 aromatic heterocycles. The summed E-state index contributed by atoms with van der Waals surface area (Å²) in [6.07, 6.45) is 4.76. The van der Waals surface area contributed by atoms with Crippen LogP contribution in [0, 0.1) is 5.92 Å². The highest BCUT2D eigenvalue weighted by Gasteiger charge is 2.40. The fourth-order valence-electron chi connectivity index (χ4n) is 9.65. The number of amides is 5. The Hall–Kier alpha value is -5.44. The van der Waals surface area contributed by atoms with Gasteiger partial charge in [0.25, 0.3) is 5.91 Å². The number of phenolic OH excluding ortho intramolecular Hbond substituents is 1. The third kappa shape index (κ3) is 6.86. The summed E-state index contributed by atoms with van der Waals surface area (Å²) < 4.78 is 0. The van der Waals surface area contributed by atoms with Crippen LogP contribution in [0.15, 0.2) is 48.5 Å². The minimum absolute atomic E-state index is 0.101. The van der Waals surface area contributed by atoms with E-state index in [-0.39, 0.29) is 48.0 Å². The van der Waals surface area contributed by atoms with Crippen molar-refractivity contribution in [2.75, 3.05) is 81.1 Å². The van der Waals surface area contributed by atoms with Crippen LogP contribution in [0.3, 0.4) is 0 Å². The zero-order valence-corrected chi connectivity index (χ0v) is 31.9. The number of rotatable bonds is 6. The predicted molar refractivity (Wildman–Crippen MR) is 210 cm³/mol. The molecule has 7 heterocycles. The number of benzene rings is 2. The molecule has 15 heteroatoms. The molecule has 6 aliphatic heterocycles. The molecule has 6 aliphatic rings. The minimum Gasteiger partial charge on any atom is -0.507 e. The van der Waals surface area contributed by atoms with Crippen LogP contribution in [0.4, 0.5) is 22.0 Å². The summed E-state index contributed by atoms with van der Waals surface area (Å²) in [5, 5.41) is 25.0. The Morgan fingerprint density at radius 1 is 0.893 bits per heavy atom. The molecule has 0 aliphatic carbocycles. The summed E-state index contributed by atoms with van der Waals surface area (Å²) in [6, 6.07) is 15.0. The van der Waals surface area contributed by atoms with Crippen molar-refractivity contribution in [2.24, 2.45) is 5.92 Å². The van der Waals surface area contributed by atoms with Gasteiger partial charge in [0, 0.05) is 102 Å². The number of urea groups is 1. The number of fused-ring (bicyclic) bond motifs is 4. The van der Waals surface area contributed by atoms with Crippen LogP contribution >= 0.6 is 0 Å². The van der Waals surface area contributed by atoms with E-state index in [1.54, 1.807) is 17.0 Å². The van der Waals surface area contributed by atoms with Gasteiger partial charge in [-0.2, -0.15) is 0 Å². The summed E-state index contributed by atoms with van der Waals surface area (Å²) >= 11 is 0. The average molecular weight is 763 g/mol. The lowest BCUT2D eigenvalue weighted by Crippen LogP contribution is -2.61. The first-order chi connectivity index (χ1) is 27.2.